The molecule has 2 aromatic rings. The number of para-hydroxylation sites is 1. The van der Waals surface area contributed by atoms with Gasteiger partial charge in [-0.15, -0.1) is 0 Å². The first kappa shape index (κ1) is 16.7. The number of benzene rings is 1. The molecular formula is C18H22ClN3O2. The Hall–Kier alpha value is -2.14. The maximum atomic E-state index is 12.4. The fourth-order valence-electron chi connectivity index (χ4n) is 3.01. The summed E-state index contributed by atoms with van der Waals surface area (Å²) in [5, 5.41) is 3.86. The van der Waals surface area contributed by atoms with Crippen molar-refractivity contribution in [3.8, 4) is 0 Å². The second-order valence-corrected chi connectivity index (χ2v) is 6.53. The molecule has 5 nitrogen and oxygen atoms in total. The van der Waals surface area contributed by atoms with Crippen molar-refractivity contribution in [3.63, 3.8) is 0 Å². The zero-order valence-electron chi connectivity index (χ0n) is 13.7. The number of amides is 2. The van der Waals surface area contributed by atoms with E-state index in [0.717, 1.165) is 42.4 Å². The lowest BCUT2D eigenvalue weighted by Crippen LogP contribution is -2.50. The van der Waals surface area contributed by atoms with Crippen molar-refractivity contribution in [2.24, 2.45) is 0 Å². The average molecular weight is 348 g/mol. The van der Waals surface area contributed by atoms with Gasteiger partial charge in [0.15, 0.2) is 0 Å². The Labute approximate surface area is 147 Å². The van der Waals surface area contributed by atoms with Crippen molar-refractivity contribution < 1.29 is 9.21 Å². The second kappa shape index (κ2) is 7.62. The fraction of sp³-hybridized carbons (Fsp3) is 0.389. The highest BCUT2D eigenvalue weighted by molar-refractivity contribution is 6.33. The van der Waals surface area contributed by atoms with E-state index in [0.29, 0.717) is 6.54 Å². The molecule has 0 bridgehead atoms. The van der Waals surface area contributed by atoms with Gasteiger partial charge in [-0.1, -0.05) is 23.7 Å². The van der Waals surface area contributed by atoms with Crippen LogP contribution in [0.3, 0.4) is 0 Å². The van der Waals surface area contributed by atoms with Gasteiger partial charge in [-0.3, -0.25) is 0 Å². The lowest BCUT2D eigenvalue weighted by molar-refractivity contribution is 0.197. The third-order valence-electron chi connectivity index (χ3n) is 4.26. The van der Waals surface area contributed by atoms with E-state index in [1.54, 1.807) is 18.2 Å². The predicted molar refractivity (Wildman–Crippen MR) is 95.4 cm³/mol. The molecule has 0 spiro atoms. The van der Waals surface area contributed by atoms with E-state index in [1.807, 2.05) is 36.4 Å². The molecule has 0 radical (unpaired) electrons. The van der Waals surface area contributed by atoms with E-state index in [4.69, 9.17) is 16.0 Å². The molecule has 128 valence electrons. The van der Waals surface area contributed by atoms with Crippen molar-refractivity contribution >= 4 is 23.3 Å². The number of hydrogen-bond acceptors (Lipinski definition) is 3. The lowest BCUT2D eigenvalue weighted by atomic mass is 10.0. The number of hydrogen-bond donors (Lipinski definition) is 1. The summed E-state index contributed by atoms with van der Waals surface area (Å²) in [5.74, 6) is 0.772. The fourth-order valence-corrected chi connectivity index (χ4v) is 3.27. The Bertz CT molecular complexity index is 675. The first-order valence-electron chi connectivity index (χ1n) is 8.17. The first-order valence-corrected chi connectivity index (χ1v) is 8.55. The van der Waals surface area contributed by atoms with Gasteiger partial charge in [0.25, 0.3) is 0 Å². The third kappa shape index (κ3) is 4.03. The van der Waals surface area contributed by atoms with E-state index in [1.165, 1.54) is 0 Å². The van der Waals surface area contributed by atoms with Crippen molar-refractivity contribution in [3.05, 3.63) is 53.4 Å². The van der Waals surface area contributed by atoms with Gasteiger partial charge in [-0.25, -0.2) is 4.79 Å². The van der Waals surface area contributed by atoms with E-state index in [9.17, 15) is 4.79 Å². The topological polar surface area (TPSA) is 48.7 Å². The van der Waals surface area contributed by atoms with Gasteiger partial charge >= 0.3 is 6.03 Å². The lowest BCUT2D eigenvalue weighted by Gasteiger charge is -2.35. The van der Waals surface area contributed by atoms with Gasteiger partial charge in [0.05, 0.1) is 23.5 Å². The van der Waals surface area contributed by atoms with Crippen LogP contribution >= 0.6 is 11.6 Å². The summed E-state index contributed by atoms with van der Waals surface area (Å²) in [7, 11) is 1.77. The molecular weight excluding hydrogens is 326 g/mol. The standard InChI is InChI=1S/C18H22ClN3O2/c1-21(13-15-7-5-11-24-15)18(23)20-14-6-4-10-22(12-14)17-9-3-2-8-16(17)19/h2-3,5,7-9,11,14H,4,6,10,12-13H2,1H3,(H,20,23). The van der Waals surface area contributed by atoms with Gasteiger partial charge in [-0.05, 0) is 37.1 Å². The number of anilines is 1. The number of nitrogens with zero attached hydrogens (tertiary/aromatic N) is 2. The van der Waals surface area contributed by atoms with E-state index in [-0.39, 0.29) is 12.1 Å². The van der Waals surface area contributed by atoms with Crippen LogP contribution in [0.5, 0.6) is 0 Å². The number of carbonyl (C=O) groups excluding carboxylic acids is 1. The molecule has 2 amide bonds. The summed E-state index contributed by atoms with van der Waals surface area (Å²) in [4.78, 5) is 16.2. The van der Waals surface area contributed by atoms with Crippen LogP contribution in [0.15, 0.2) is 47.1 Å². The summed E-state index contributed by atoms with van der Waals surface area (Å²) < 4.78 is 5.29. The number of rotatable bonds is 4. The van der Waals surface area contributed by atoms with Crippen LogP contribution in [0.4, 0.5) is 10.5 Å². The van der Waals surface area contributed by atoms with Gasteiger partial charge in [0, 0.05) is 26.2 Å². The summed E-state index contributed by atoms with van der Waals surface area (Å²) in [6, 6.07) is 11.6. The minimum Gasteiger partial charge on any atom is -0.467 e. The van der Waals surface area contributed by atoms with E-state index < -0.39 is 0 Å². The molecule has 1 aromatic heterocycles. The van der Waals surface area contributed by atoms with Crippen molar-refractivity contribution in [2.75, 3.05) is 25.0 Å². The van der Waals surface area contributed by atoms with Crippen molar-refractivity contribution in [1.82, 2.24) is 10.2 Å². The molecule has 1 aromatic carbocycles. The molecule has 1 aliphatic heterocycles. The quantitative estimate of drug-likeness (QED) is 0.916. The Morgan fingerprint density at radius 1 is 1.38 bits per heavy atom. The highest BCUT2D eigenvalue weighted by atomic mass is 35.5. The molecule has 2 heterocycles. The molecule has 0 saturated carbocycles. The Morgan fingerprint density at radius 2 is 2.21 bits per heavy atom. The number of carbonyl (C=O) groups is 1. The molecule has 3 rings (SSSR count). The normalized spacial score (nSPS) is 17.6. The average Bonchev–Trinajstić information content (AvgIpc) is 3.08. The first-order chi connectivity index (χ1) is 11.6. The van der Waals surface area contributed by atoms with Gasteiger partial charge in [0.1, 0.15) is 5.76 Å². The minimum atomic E-state index is -0.0857. The van der Waals surface area contributed by atoms with Crippen LogP contribution in [0, 0.1) is 0 Å². The van der Waals surface area contributed by atoms with E-state index >= 15 is 0 Å². The van der Waals surface area contributed by atoms with Crippen LogP contribution in [0.1, 0.15) is 18.6 Å². The number of urea groups is 1. The van der Waals surface area contributed by atoms with Crippen LogP contribution in [0.25, 0.3) is 0 Å². The van der Waals surface area contributed by atoms with E-state index in [2.05, 4.69) is 10.2 Å². The van der Waals surface area contributed by atoms with Crippen LogP contribution < -0.4 is 10.2 Å². The molecule has 1 unspecified atom stereocenters. The largest absolute Gasteiger partial charge is 0.467 e. The van der Waals surface area contributed by atoms with Crippen LogP contribution in [0.2, 0.25) is 5.02 Å². The van der Waals surface area contributed by atoms with Gasteiger partial charge in [0.2, 0.25) is 0 Å². The zero-order valence-corrected chi connectivity index (χ0v) is 14.5. The maximum Gasteiger partial charge on any atom is 0.317 e. The number of halogens is 1. The number of nitrogens with one attached hydrogen (secondary N) is 1. The minimum absolute atomic E-state index is 0.0857. The smallest absolute Gasteiger partial charge is 0.317 e. The maximum absolute atomic E-state index is 12.4. The molecule has 24 heavy (non-hydrogen) atoms. The molecule has 1 N–H and O–H groups in total. The van der Waals surface area contributed by atoms with Gasteiger partial charge < -0.3 is 19.5 Å². The SMILES string of the molecule is CN(Cc1ccco1)C(=O)NC1CCCN(c2ccccc2Cl)C1. The van der Waals surface area contributed by atoms with Crippen LogP contribution in [-0.2, 0) is 6.54 Å². The monoisotopic (exact) mass is 347 g/mol. The summed E-state index contributed by atoms with van der Waals surface area (Å²) in [6.07, 6.45) is 3.61. The number of piperidine rings is 1. The van der Waals surface area contributed by atoms with Crippen molar-refractivity contribution in [2.45, 2.75) is 25.4 Å². The summed E-state index contributed by atoms with van der Waals surface area (Å²) in [6.45, 7) is 2.18. The Morgan fingerprint density at radius 3 is 2.96 bits per heavy atom. The van der Waals surface area contributed by atoms with Gasteiger partial charge in [-0.2, -0.15) is 0 Å². The molecule has 6 heteroatoms. The molecule has 0 aliphatic carbocycles. The molecule has 1 atom stereocenters. The highest BCUT2D eigenvalue weighted by Gasteiger charge is 2.24. The third-order valence-corrected chi connectivity index (χ3v) is 4.58. The Kier molecular flexibility index (Phi) is 5.30. The van der Waals surface area contributed by atoms with Crippen molar-refractivity contribution in [1.29, 1.82) is 0 Å². The Balaban J connectivity index is 1.57. The number of furan rings is 1. The molecule has 1 fully saturated rings. The molecule has 1 aliphatic rings. The molecule has 1 saturated heterocycles. The summed E-state index contributed by atoms with van der Waals surface area (Å²) in [5.41, 5.74) is 1.03. The second-order valence-electron chi connectivity index (χ2n) is 6.12. The zero-order chi connectivity index (χ0) is 16.9. The van der Waals surface area contributed by atoms with Crippen LogP contribution in [-0.4, -0.2) is 37.1 Å². The summed E-state index contributed by atoms with van der Waals surface area (Å²) >= 11 is 6.29. The predicted octanol–water partition coefficient (Wildman–Crippen LogP) is 3.74. The highest BCUT2D eigenvalue weighted by Crippen LogP contribution is 2.27.